The molecule has 3 rings (SSSR count). The second kappa shape index (κ2) is 9.17. The Kier molecular flexibility index (Phi) is 6.89. The van der Waals surface area contributed by atoms with E-state index in [1.807, 2.05) is 0 Å². The molecule has 150 valence electrons. The van der Waals surface area contributed by atoms with Crippen LogP contribution in [0, 0.1) is 6.92 Å². The van der Waals surface area contributed by atoms with Crippen molar-refractivity contribution in [2.45, 2.75) is 56.8 Å². The summed E-state index contributed by atoms with van der Waals surface area (Å²) in [6.45, 7) is 5.23. The van der Waals surface area contributed by atoms with Gasteiger partial charge < -0.3 is 5.32 Å². The number of carbonyl (C=O) groups excluding carboxylic acids is 1. The molecule has 27 heavy (non-hydrogen) atoms. The van der Waals surface area contributed by atoms with E-state index in [1.54, 1.807) is 29.4 Å². The molecule has 0 saturated carbocycles. The van der Waals surface area contributed by atoms with E-state index in [9.17, 15) is 13.2 Å². The van der Waals surface area contributed by atoms with Crippen LogP contribution in [0.2, 0.25) is 0 Å². The van der Waals surface area contributed by atoms with Gasteiger partial charge in [0.25, 0.3) is 0 Å². The lowest BCUT2D eigenvalue weighted by Gasteiger charge is -2.26. The first-order valence-electron chi connectivity index (χ1n) is 10.1. The van der Waals surface area contributed by atoms with Crippen LogP contribution < -0.4 is 5.32 Å². The van der Waals surface area contributed by atoms with E-state index >= 15 is 0 Å². The lowest BCUT2D eigenvalue weighted by Crippen LogP contribution is -2.36. The summed E-state index contributed by atoms with van der Waals surface area (Å²) in [4.78, 5) is 14.9. The van der Waals surface area contributed by atoms with Crippen LogP contribution in [0.3, 0.4) is 0 Å². The van der Waals surface area contributed by atoms with E-state index in [2.05, 4.69) is 10.2 Å². The highest BCUT2D eigenvalue weighted by molar-refractivity contribution is 7.89. The van der Waals surface area contributed by atoms with E-state index in [1.165, 1.54) is 12.8 Å². The van der Waals surface area contributed by atoms with Crippen LogP contribution >= 0.6 is 0 Å². The normalized spacial score (nSPS) is 20.2. The summed E-state index contributed by atoms with van der Waals surface area (Å²) in [6, 6.07) is 5.17. The second-order valence-corrected chi connectivity index (χ2v) is 9.59. The quantitative estimate of drug-likeness (QED) is 0.835. The van der Waals surface area contributed by atoms with Gasteiger partial charge in [0, 0.05) is 18.8 Å². The molecule has 0 radical (unpaired) electrons. The average Bonchev–Trinajstić information content (AvgIpc) is 2.92. The number of hydrogen-bond donors (Lipinski definition) is 1. The number of likely N-dealkylation sites (tertiary alicyclic amines) is 1. The Bertz CT molecular complexity index is 750. The topological polar surface area (TPSA) is 69.7 Å². The SMILES string of the molecule is Cc1ccc(NC(=O)CN2CCCCCC2)cc1S(=O)(=O)N1CCCCC1. The number of rotatable bonds is 5. The molecule has 2 aliphatic rings. The molecule has 0 atom stereocenters. The minimum Gasteiger partial charge on any atom is -0.325 e. The first kappa shape index (κ1) is 20.3. The van der Waals surface area contributed by atoms with Crippen molar-refractivity contribution in [2.24, 2.45) is 0 Å². The molecule has 0 spiro atoms. The molecule has 2 saturated heterocycles. The summed E-state index contributed by atoms with van der Waals surface area (Å²) >= 11 is 0. The minimum absolute atomic E-state index is 0.0814. The van der Waals surface area contributed by atoms with Gasteiger partial charge in [0.1, 0.15) is 0 Å². The number of nitrogens with zero attached hydrogens (tertiary/aromatic N) is 2. The number of nitrogens with one attached hydrogen (secondary N) is 1. The Morgan fingerprint density at radius 1 is 0.963 bits per heavy atom. The molecule has 2 aliphatic heterocycles. The largest absolute Gasteiger partial charge is 0.325 e. The van der Waals surface area contributed by atoms with Crippen molar-refractivity contribution in [2.75, 3.05) is 38.0 Å². The molecule has 1 N–H and O–H groups in total. The standard InChI is InChI=1S/C20H31N3O3S/c1-17-9-10-18(21-20(24)16-22-11-5-2-3-6-12-22)15-19(17)27(25,26)23-13-7-4-8-14-23/h9-10,15H,2-8,11-14,16H2,1H3,(H,21,24). The summed E-state index contributed by atoms with van der Waals surface area (Å²) in [7, 11) is -3.51. The van der Waals surface area contributed by atoms with Crippen LogP contribution in [0.5, 0.6) is 0 Å². The van der Waals surface area contributed by atoms with E-state index in [0.717, 1.165) is 45.2 Å². The molecule has 6 nitrogen and oxygen atoms in total. The van der Waals surface area contributed by atoms with Crippen LogP contribution in [0.15, 0.2) is 23.1 Å². The fourth-order valence-corrected chi connectivity index (χ4v) is 5.67. The fourth-order valence-electron chi connectivity index (χ4n) is 3.90. The van der Waals surface area contributed by atoms with Crippen molar-refractivity contribution < 1.29 is 13.2 Å². The maximum absolute atomic E-state index is 13.0. The van der Waals surface area contributed by atoms with Crippen LogP contribution in [0.4, 0.5) is 5.69 Å². The number of hydrogen-bond acceptors (Lipinski definition) is 4. The molecular weight excluding hydrogens is 362 g/mol. The third-order valence-electron chi connectivity index (χ3n) is 5.47. The molecule has 0 aliphatic carbocycles. The lowest BCUT2D eigenvalue weighted by atomic mass is 10.2. The third-order valence-corrected chi connectivity index (χ3v) is 7.51. The van der Waals surface area contributed by atoms with E-state index < -0.39 is 10.0 Å². The molecule has 0 bridgehead atoms. The van der Waals surface area contributed by atoms with Crippen molar-refractivity contribution in [3.63, 3.8) is 0 Å². The lowest BCUT2D eigenvalue weighted by molar-refractivity contribution is -0.117. The molecule has 1 aromatic rings. The van der Waals surface area contributed by atoms with Gasteiger partial charge in [-0.3, -0.25) is 9.69 Å². The zero-order chi connectivity index (χ0) is 19.3. The predicted octanol–water partition coefficient (Wildman–Crippen LogP) is 2.98. The Morgan fingerprint density at radius 3 is 2.22 bits per heavy atom. The highest BCUT2D eigenvalue weighted by Crippen LogP contribution is 2.26. The number of amides is 1. The fraction of sp³-hybridized carbons (Fsp3) is 0.650. The van der Waals surface area contributed by atoms with Gasteiger partial charge in [-0.05, 0) is 63.4 Å². The Balaban J connectivity index is 1.70. The maximum atomic E-state index is 13.0. The van der Waals surface area contributed by atoms with Crippen molar-refractivity contribution in [3.8, 4) is 0 Å². The summed E-state index contributed by atoms with van der Waals surface area (Å²) in [5.74, 6) is -0.0814. The van der Waals surface area contributed by atoms with Gasteiger partial charge in [-0.25, -0.2) is 8.42 Å². The molecule has 1 aromatic carbocycles. The molecule has 0 aromatic heterocycles. The van der Waals surface area contributed by atoms with Crippen LogP contribution in [-0.2, 0) is 14.8 Å². The van der Waals surface area contributed by atoms with E-state index in [-0.39, 0.29) is 5.91 Å². The average molecular weight is 394 g/mol. The maximum Gasteiger partial charge on any atom is 0.243 e. The zero-order valence-electron chi connectivity index (χ0n) is 16.2. The Hall–Kier alpha value is -1.44. The summed E-state index contributed by atoms with van der Waals surface area (Å²) in [6.07, 6.45) is 7.63. The van der Waals surface area contributed by atoms with Crippen LogP contribution in [-0.4, -0.2) is 56.3 Å². The van der Waals surface area contributed by atoms with Crippen molar-refractivity contribution >= 4 is 21.6 Å². The summed E-state index contributed by atoms with van der Waals surface area (Å²) in [5, 5.41) is 2.89. The predicted molar refractivity (Wildman–Crippen MR) is 107 cm³/mol. The van der Waals surface area contributed by atoms with Crippen molar-refractivity contribution in [1.82, 2.24) is 9.21 Å². The third kappa shape index (κ3) is 5.30. The molecule has 7 heteroatoms. The minimum atomic E-state index is -3.51. The molecule has 2 heterocycles. The number of piperidine rings is 1. The highest BCUT2D eigenvalue weighted by atomic mass is 32.2. The first-order valence-corrected chi connectivity index (χ1v) is 11.5. The number of benzene rings is 1. The summed E-state index contributed by atoms with van der Waals surface area (Å²) < 4.78 is 27.6. The van der Waals surface area contributed by atoms with Gasteiger partial charge in [-0.2, -0.15) is 4.31 Å². The highest BCUT2D eigenvalue weighted by Gasteiger charge is 2.27. The smallest absolute Gasteiger partial charge is 0.243 e. The number of carbonyl (C=O) groups is 1. The van der Waals surface area contributed by atoms with Crippen LogP contribution in [0.1, 0.15) is 50.5 Å². The first-order chi connectivity index (χ1) is 13.0. The molecule has 0 unspecified atom stereocenters. The van der Waals surface area contributed by atoms with E-state index in [4.69, 9.17) is 0 Å². The molecule has 1 amide bonds. The second-order valence-electron chi connectivity index (χ2n) is 7.68. The number of sulfonamides is 1. The molecular formula is C20H31N3O3S. The van der Waals surface area contributed by atoms with Crippen molar-refractivity contribution in [3.05, 3.63) is 23.8 Å². The molecule has 2 fully saturated rings. The van der Waals surface area contributed by atoms with Gasteiger partial charge in [0.05, 0.1) is 11.4 Å². The zero-order valence-corrected chi connectivity index (χ0v) is 17.1. The van der Waals surface area contributed by atoms with E-state index in [0.29, 0.717) is 35.8 Å². The van der Waals surface area contributed by atoms with Gasteiger partial charge in [-0.1, -0.05) is 25.3 Å². The van der Waals surface area contributed by atoms with Gasteiger partial charge in [0.15, 0.2) is 0 Å². The van der Waals surface area contributed by atoms with Gasteiger partial charge >= 0.3 is 0 Å². The summed E-state index contributed by atoms with van der Waals surface area (Å²) in [5.41, 5.74) is 1.27. The number of anilines is 1. The van der Waals surface area contributed by atoms with Crippen molar-refractivity contribution in [1.29, 1.82) is 0 Å². The Morgan fingerprint density at radius 2 is 1.56 bits per heavy atom. The van der Waals surface area contributed by atoms with Gasteiger partial charge in [0.2, 0.25) is 15.9 Å². The van der Waals surface area contributed by atoms with Crippen LogP contribution in [0.25, 0.3) is 0 Å². The number of aryl methyl sites for hydroxylation is 1. The van der Waals surface area contributed by atoms with Gasteiger partial charge in [-0.15, -0.1) is 0 Å². The Labute approximate surface area is 163 Å². The monoisotopic (exact) mass is 393 g/mol.